The molecule has 17 heavy (non-hydrogen) atoms. The molecule has 0 spiro atoms. The van der Waals surface area contributed by atoms with Crippen molar-refractivity contribution in [3.63, 3.8) is 0 Å². The monoisotopic (exact) mass is 253 g/mol. The topological polar surface area (TPSA) is 67.9 Å². The van der Waals surface area contributed by atoms with E-state index in [4.69, 9.17) is 16.3 Å². The average molecular weight is 254 g/mol. The van der Waals surface area contributed by atoms with Crippen LogP contribution in [0.5, 0.6) is 0 Å². The fourth-order valence-corrected chi connectivity index (χ4v) is 1.73. The van der Waals surface area contributed by atoms with Crippen molar-refractivity contribution < 1.29 is 9.53 Å². The predicted octanol–water partition coefficient (Wildman–Crippen LogP) is 2.48. The second kappa shape index (κ2) is 4.33. The Balaban J connectivity index is 2.44. The van der Waals surface area contributed by atoms with Crippen LogP contribution in [0.25, 0.3) is 11.0 Å². The normalized spacial score (nSPS) is 11.1. The number of hydrogen-bond acceptors (Lipinski definition) is 4. The first-order valence-corrected chi connectivity index (χ1v) is 5.59. The molecule has 0 aliphatic rings. The molecule has 2 rings (SSSR count). The van der Waals surface area contributed by atoms with Crippen LogP contribution in [0.15, 0.2) is 6.07 Å². The van der Waals surface area contributed by atoms with Gasteiger partial charge in [-0.25, -0.2) is 14.8 Å². The van der Waals surface area contributed by atoms with Gasteiger partial charge in [-0.1, -0.05) is 11.6 Å². The molecule has 2 aromatic heterocycles. The van der Waals surface area contributed by atoms with Crippen molar-refractivity contribution in [1.29, 1.82) is 0 Å². The van der Waals surface area contributed by atoms with Crippen LogP contribution in [0.3, 0.4) is 0 Å². The molecule has 90 valence electrons. The van der Waals surface area contributed by atoms with E-state index in [1.54, 1.807) is 26.8 Å². The van der Waals surface area contributed by atoms with Crippen LogP contribution in [0.4, 0.5) is 0 Å². The van der Waals surface area contributed by atoms with E-state index in [0.29, 0.717) is 27.7 Å². The Bertz CT molecular complexity index is 577. The van der Waals surface area contributed by atoms with Crippen LogP contribution in [0, 0.1) is 6.92 Å². The number of aromatic amines is 1. The number of aryl methyl sites for hydroxylation is 1. The number of nitrogens with zero attached hydrogens (tertiary/aromatic N) is 2. The molecule has 0 atom stereocenters. The van der Waals surface area contributed by atoms with Gasteiger partial charge in [0.2, 0.25) is 0 Å². The smallest absolute Gasteiger partial charge is 0.355 e. The van der Waals surface area contributed by atoms with Gasteiger partial charge >= 0.3 is 5.97 Å². The molecule has 0 aliphatic heterocycles. The van der Waals surface area contributed by atoms with Gasteiger partial charge in [0, 0.05) is 0 Å². The van der Waals surface area contributed by atoms with Crippen LogP contribution in [-0.4, -0.2) is 27.0 Å². The second-order valence-electron chi connectivity index (χ2n) is 3.96. The van der Waals surface area contributed by atoms with E-state index in [9.17, 15) is 4.79 Å². The van der Waals surface area contributed by atoms with Crippen molar-refractivity contribution in [2.75, 3.05) is 0 Å². The molecule has 0 amide bonds. The summed E-state index contributed by atoms with van der Waals surface area (Å²) in [6.07, 6.45) is -0.169. The van der Waals surface area contributed by atoms with E-state index < -0.39 is 5.97 Å². The first-order chi connectivity index (χ1) is 7.97. The summed E-state index contributed by atoms with van der Waals surface area (Å²) in [4.78, 5) is 22.7. The molecule has 5 nitrogen and oxygen atoms in total. The summed E-state index contributed by atoms with van der Waals surface area (Å²) in [5.41, 5.74) is 0.869. The molecule has 0 aromatic carbocycles. The quantitative estimate of drug-likeness (QED) is 0.660. The third kappa shape index (κ3) is 2.39. The van der Waals surface area contributed by atoms with Crippen molar-refractivity contribution >= 4 is 28.6 Å². The number of fused-ring (bicyclic) bond motifs is 1. The minimum atomic E-state index is -0.424. The average Bonchev–Trinajstić information content (AvgIpc) is 2.60. The SMILES string of the molecule is Cc1nc(Cl)c2cc(C(=O)OC(C)C)[nH]c2n1. The maximum atomic E-state index is 11.7. The molecular formula is C11H12ClN3O2. The highest BCUT2D eigenvalue weighted by molar-refractivity contribution is 6.34. The lowest BCUT2D eigenvalue weighted by Crippen LogP contribution is -2.11. The summed E-state index contributed by atoms with van der Waals surface area (Å²) < 4.78 is 5.07. The van der Waals surface area contributed by atoms with Crippen molar-refractivity contribution in [2.45, 2.75) is 26.9 Å². The van der Waals surface area contributed by atoms with Crippen LogP contribution < -0.4 is 0 Å². The van der Waals surface area contributed by atoms with Crippen LogP contribution in [0.2, 0.25) is 5.15 Å². The minimum Gasteiger partial charge on any atom is -0.458 e. The van der Waals surface area contributed by atoms with Gasteiger partial charge in [0.15, 0.2) is 0 Å². The Kier molecular flexibility index (Phi) is 3.02. The van der Waals surface area contributed by atoms with Crippen molar-refractivity contribution in [2.24, 2.45) is 0 Å². The highest BCUT2D eigenvalue weighted by atomic mass is 35.5. The Labute approximate surface area is 103 Å². The van der Waals surface area contributed by atoms with Crippen LogP contribution in [0.1, 0.15) is 30.2 Å². The Hall–Kier alpha value is -1.62. The number of ether oxygens (including phenoxy) is 1. The van der Waals surface area contributed by atoms with Crippen molar-refractivity contribution in [3.05, 3.63) is 22.7 Å². The summed E-state index contributed by atoms with van der Waals surface area (Å²) in [5.74, 6) is 0.125. The molecule has 0 fully saturated rings. The first-order valence-electron chi connectivity index (χ1n) is 5.21. The van der Waals surface area contributed by atoms with E-state index in [0.717, 1.165) is 0 Å². The number of nitrogens with one attached hydrogen (secondary N) is 1. The lowest BCUT2D eigenvalue weighted by Gasteiger charge is -2.05. The lowest BCUT2D eigenvalue weighted by molar-refractivity contribution is 0.0372. The number of aromatic nitrogens is 3. The summed E-state index contributed by atoms with van der Waals surface area (Å²) in [5, 5.41) is 0.945. The summed E-state index contributed by atoms with van der Waals surface area (Å²) >= 11 is 5.96. The molecule has 0 radical (unpaired) electrons. The van der Waals surface area contributed by atoms with Gasteiger partial charge in [-0.3, -0.25) is 0 Å². The van der Waals surface area contributed by atoms with Gasteiger partial charge in [0.1, 0.15) is 22.3 Å². The number of rotatable bonds is 2. The van der Waals surface area contributed by atoms with E-state index in [1.807, 2.05) is 0 Å². The number of esters is 1. The number of carbonyl (C=O) groups is 1. The maximum absolute atomic E-state index is 11.7. The molecule has 1 N–H and O–H groups in total. The summed E-state index contributed by atoms with van der Waals surface area (Å²) in [6.45, 7) is 5.31. The fourth-order valence-electron chi connectivity index (χ4n) is 1.47. The highest BCUT2D eigenvalue weighted by Gasteiger charge is 2.15. The molecule has 0 bridgehead atoms. The molecule has 0 saturated carbocycles. The molecule has 0 aliphatic carbocycles. The summed E-state index contributed by atoms with van der Waals surface area (Å²) in [6, 6.07) is 1.60. The van der Waals surface area contributed by atoms with Gasteiger partial charge in [-0.2, -0.15) is 0 Å². The number of hydrogen-bond donors (Lipinski definition) is 1. The van der Waals surface area contributed by atoms with Gasteiger partial charge < -0.3 is 9.72 Å². The van der Waals surface area contributed by atoms with E-state index in [-0.39, 0.29) is 6.10 Å². The summed E-state index contributed by atoms with van der Waals surface area (Å²) in [7, 11) is 0. The standard InChI is InChI=1S/C11H12ClN3O2/c1-5(2)17-11(16)8-4-7-9(12)13-6(3)14-10(7)15-8/h4-5H,1-3H3,(H,13,14,15). The third-order valence-corrected chi connectivity index (χ3v) is 2.40. The number of carbonyl (C=O) groups excluding carboxylic acids is 1. The first kappa shape index (κ1) is 11.9. The van der Waals surface area contributed by atoms with Crippen molar-refractivity contribution in [3.8, 4) is 0 Å². The largest absolute Gasteiger partial charge is 0.458 e. The van der Waals surface area contributed by atoms with Gasteiger partial charge in [-0.05, 0) is 26.8 Å². The Morgan fingerprint density at radius 2 is 2.18 bits per heavy atom. The molecule has 2 aromatic rings. The molecule has 0 saturated heterocycles. The fraction of sp³-hybridized carbons (Fsp3) is 0.364. The van der Waals surface area contributed by atoms with E-state index in [2.05, 4.69) is 15.0 Å². The van der Waals surface area contributed by atoms with E-state index >= 15 is 0 Å². The zero-order valence-corrected chi connectivity index (χ0v) is 10.5. The number of halogens is 1. The molecule has 6 heteroatoms. The Morgan fingerprint density at radius 1 is 1.47 bits per heavy atom. The lowest BCUT2D eigenvalue weighted by atomic mass is 10.3. The predicted molar refractivity (Wildman–Crippen MR) is 64.2 cm³/mol. The zero-order chi connectivity index (χ0) is 12.6. The minimum absolute atomic E-state index is 0.169. The van der Waals surface area contributed by atoms with Gasteiger partial charge in [-0.15, -0.1) is 0 Å². The zero-order valence-electron chi connectivity index (χ0n) is 9.74. The number of H-pyrrole nitrogens is 1. The molecular weight excluding hydrogens is 242 g/mol. The molecule has 2 heterocycles. The molecule has 0 unspecified atom stereocenters. The van der Waals surface area contributed by atoms with E-state index in [1.165, 1.54) is 0 Å². The third-order valence-electron chi connectivity index (χ3n) is 2.12. The second-order valence-corrected chi connectivity index (χ2v) is 4.32. The van der Waals surface area contributed by atoms with Crippen LogP contribution >= 0.6 is 11.6 Å². The van der Waals surface area contributed by atoms with Gasteiger partial charge in [0.05, 0.1) is 11.5 Å². The highest BCUT2D eigenvalue weighted by Crippen LogP contribution is 2.21. The Morgan fingerprint density at radius 3 is 2.82 bits per heavy atom. The van der Waals surface area contributed by atoms with Crippen LogP contribution in [-0.2, 0) is 4.74 Å². The maximum Gasteiger partial charge on any atom is 0.355 e. The van der Waals surface area contributed by atoms with Crippen molar-refractivity contribution in [1.82, 2.24) is 15.0 Å². The van der Waals surface area contributed by atoms with Gasteiger partial charge in [0.25, 0.3) is 0 Å².